The summed E-state index contributed by atoms with van der Waals surface area (Å²) >= 11 is 0. The number of nitrogens with one attached hydrogen (secondary N) is 1. The summed E-state index contributed by atoms with van der Waals surface area (Å²) in [6.45, 7) is 3.44. The summed E-state index contributed by atoms with van der Waals surface area (Å²) in [7, 11) is 0. The number of amides is 1. The number of benzene rings is 1. The first-order chi connectivity index (χ1) is 9.70. The van der Waals surface area contributed by atoms with Gasteiger partial charge in [-0.25, -0.2) is 4.39 Å². The summed E-state index contributed by atoms with van der Waals surface area (Å²) in [5.41, 5.74) is 0. The molecule has 0 aromatic heterocycles. The van der Waals surface area contributed by atoms with Gasteiger partial charge in [-0.2, -0.15) is 0 Å². The van der Waals surface area contributed by atoms with Crippen LogP contribution in [0, 0.1) is 11.7 Å². The van der Waals surface area contributed by atoms with Gasteiger partial charge in [0.1, 0.15) is 6.10 Å². The molecule has 20 heavy (non-hydrogen) atoms. The van der Waals surface area contributed by atoms with Crippen LogP contribution >= 0.6 is 0 Å². The van der Waals surface area contributed by atoms with E-state index in [-0.39, 0.29) is 29.5 Å². The SMILES string of the molecule is CC[C@@H](CNC(=O)[C@H]1CCOC1)Oc1ccccc1F. The zero-order chi connectivity index (χ0) is 14.4. The van der Waals surface area contributed by atoms with E-state index in [0.29, 0.717) is 26.2 Å². The highest BCUT2D eigenvalue weighted by Crippen LogP contribution is 2.18. The van der Waals surface area contributed by atoms with Gasteiger partial charge >= 0.3 is 0 Å². The molecule has 0 bridgehead atoms. The first-order valence-electron chi connectivity index (χ1n) is 6.97. The Morgan fingerprint density at radius 2 is 2.35 bits per heavy atom. The quantitative estimate of drug-likeness (QED) is 0.869. The number of ether oxygens (including phenoxy) is 2. The highest BCUT2D eigenvalue weighted by atomic mass is 19.1. The van der Waals surface area contributed by atoms with Gasteiger partial charge in [-0.05, 0) is 25.0 Å². The normalized spacial score (nSPS) is 19.6. The van der Waals surface area contributed by atoms with E-state index in [1.165, 1.54) is 6.07 Å². The minimum Gasteiger partial charge on any atom is -0.486 e. The minimum absolute atomic E-state index is 0.0157. The fraction of sp³-hybridized carbons (Fsp3) is 0.533. The third kappa shape index (κ3) is 3.93. The van der Waals surface area contributed by atoms with Gasteiger partial charge < -0.3 is 14.8 Å². The smallest absolute Gasteiger partial charge is 0.225 e. The molecule has 1 aromatic rings. The topological polar surface area (TPSA) is 47.6 Å². The number of rotatable bonds is 6. The molecule has 1 heterocycles. The lowest BCUT2D eigenvalue weighted by Gasteiger charge is -2.19. The van der Waals surface area contributed by atoms with E-state index >= 15 is 0 Å². The number of para-hydroxylation sites is 1. The Morgan fingerprint density at radius 1 is 1.55 bits per heavy atom. The molecule has 1 saturated heterocycles. The van der Waals surface area contributed by atoms with E-state index in [0.717, 1.165) is 6.42 Å². The van der Waals surface area contributed by atoms with E-state index in [2.05, 4.69) is 5.32 Å². The van der Waals surface area contributed by atoms with Crippen molar-refractivity contribution >= 4 is 5.91 Å². The second kappa shape index (κ2) is 7.24. The van der Waals surface area contributed by atoms with Crippen LogP contribution in [0.25, 0.3) is 0 Å². The molecule has 1 fully saturated rings. The molecule has 2 atom stereocenters. The molecule has 1 aliphatic heterocycles. The zero-order valence-electron chi connectivity index (χ0n) is 11.6. The second-order valence-corrected chi connectivity index (χ2v) is 4.88. The Bertz CT molecular complexity index is 446. The summed E-state index contributed by atoms with van der Waals surface area (Å²) < 4.78 is 24.3. The summed E-state index contributed by atoms with van der Waals surface area (Å²) in [5.74, 6) is -0.252. The standard InChI is InChI=1S/C15H20FNO3/c1-2-12(20-14-6-4-3-5-13(14)16)9-17-15(18)11-7-8-19-10-11/h3-6,11-12H,2,7-10H2,1H3,(H,17,18)/t11-,12-/m0/s1. The van der Waals surface area contributed by atoms with Gasteiger partial charge in [-0.15, -0.1) is 0 Å². The molecular weight excluding hydrogens is 261 g/mol. The maximum Gasteiger partial charge on any atom is 0.225 e. The average molecular weight is 281 g/mol. The zero-order valence-corrected chi connectivity index (χ0v) is 11.6. The lowest BCUT2D eigenvalue weighted by Crippen LogP contribution is -2.38. The van der Waals surface area contributed by atoms with Crippen molar-refractivity contribution in [3.05, 3.63) is 30.1 Å². The fourth-order valence-corrected chi connectivity index (χ4v) is 2.09. The third-order valence-corrected chi connectivity index (χ3v) is 3.39. The predicted molar refractivity (Wildman–Crippen MR) is 73.0 cm³/mol. The van der Waals surface area contributed by atoms with Crippen molar-refractivity contribution in [2.45, 2.75) is 25.9 Å². The van der Waals surface area contributed by atoms with Crippen molar-refractivity contribution in [1.82, 2.24) is 5.32 Å². The molecule has 0 radical (unpaired) electrons. The molecule has 0 unspecified atom stereocenters. The highest BCUT2D eigenvalue weighted by molar-refractivity contribution is 5.79. The average Bonchev–Trinajstić information content (AvgIpc) is 2.99. The van der Waals surface area contributed by atoms with E-state index in [4.69, 9.17) is 9.47 Å². The Hall–Kier alpha value is -1.62. The lowest BCUT2D eigenvalue weighted by molar-refractivity contribution is -0.125. The fourth-order valence-electron chi connectivity index (χ4n) is 2.09. The molecule has 4 nitrogen and oxygen atoms in total. The number of halogens is 1. The lowest BCUT2D eigenvalue weighted by atomic mass is 10.1. The van der Waals surface area contributed by atoms with Crippen LogP contribution in [0.2, 0.25) is 0 Å². The molecule has 0 aliphatic carbocycles. The first kappa shape index (κ1) is 14.8. The molecule has 1 N–H and O–H groups in total. The number of carbonyl (C=O) groups is 1. The molecule has 0 saturated carbocycles. The first-order valence-corrected chi connectivity index (χ1v) is 6.97. The molecule has 1 aliphatic rings. The molecule has 110 valence electrons. The predicted octanol–water partition coefficient (Wildman–Crippen LogP) is 2.14. The molecular formula is C15H20FNO3. The largest absolute Gasteiger partial charge is 0.486 e. The van der Waals surface area contributed by atoms with Crippen LogP contribution < -0.4 is 10.1 Å². The van der Waals surface area contributed by atoms with Crippen molar-refractivity contribution in [3.63, 3.8) is 0 Å². The molecule has 0 spiro atoms. The molecule has 5 heteroatoms. The van der Waals surface area contributed by atoms with Gasteiger partial charge in [0.15, 0.2) is 11.6 Å². The number of carbonyl (C=O) groups excluding carboxylic acids is 1. The van der Waals surface area contributed by atoms with Crippen LogP contribution in [0.1, 0.15) is 19.8 Å². The van der Waals surface area contributed by atoms with Gasteiger partial charge in [0.05, 0.1) is 19.1 Å². The Labute approximate surface area is 118 Å². The summed E-state index contributed by atoms with van der Waals surface area (Å²) in [4.78, 5) is 11.9. The maximum atomic E-state index is 13.5. The van der Waals surface area contributed by atoms with Gasteiger partial charge in [0.25, 0.3) is 0 Å². The van der Waals surface area contributed by atoms with Crippen LogP contribution in [0.4, 0.5) is 4.39 Å². The van der Waals surface area contributed by atoms with Crippen LogP contribution in [0.3, 0.4) is 0 Å². The highest BCUT2D eigenvalue weighted by Gasteiger charge is 2.24. The summed E-state index contributed by atoms with van der Waals surface area (Å²) in [6.07, 6.45) is 1.21. The van der Waals surface area contributed by atoms with Crippen molar-refractivity contribution in [2.75, 3.05) is 19.8 Å². The number of hydrogen-bond donors (Lipinski definition) is 1. The third-order valence-electron chi connectivity index (χ3n) is 3.39. The second-order valence-electron chi connectivity index (χ2n) is 4.88. The minimum atomic E-state index is -0.388. The Balaban J connectivity index is 1.83. The molecule has 2 rings (SSSR count). The summed E-state index contributed by atoms with van der Waals surface area (Å²) in [6, 6.07) is 6.28. The van der Waals surface area contributed by atoms with E-state index in [1.807, 2.05) is 6.92 Å². The van der Waals surface area contributed by atoms with Crippen LogP contribution in [-0.2, 0) is 9.53 Å². The van der Waals surface area contributed by atoms with Crippen molar-refractivity contribution in [1.29, 1.82) is 0 Å². The summed E-state index contributed by atoms with van der Waals surface area (Å²) in [5, 5.41) is 2.85. The van der Waals surface area contributed by atoms with E-state index in [1.54, 1.807) is 18.2 Å². The number of hydrogen-bond acceptors (Lipinski definition) is 3. The van der Waals surface area contributed by atoms with Crippen molar-refractivity contribution in [3.8, 4) is 5.75 Å². The van der Waals surface area contributed by atoms with Gasteiger partial charge in [-0.1, -0.05) is 19.1 Å². The Morgan fingerprint density at radius 3 is 3.00 bits per heavy atom. The monoisotopic (exact) mass is 281 g/mol. The van der Waals surface area contributed by atoms with Crippen LogP contribution in [0.15, 0.2) is 24.3 Å². The van der Waals surface area contributed by atoms with Gasteiger partial charge in [0, 0.05) is 6.61 Å². The Kier molecular flexibility index (Phi) is 5.35. The maximum absolute atomic E-state index is 13.5. The van der Waals surface area contributed by atoms with Crippen LogP contribution in [-0.4, -0.2) is 31.8 Å². The van der Waals surface area contributed by atoms with E-state index in [9.17, 15) is 9.18 Å². The van der Waals surface area contributed by atoms with Crippen molar-refractivity contribution in [2.24, 2.45) is 5.92 Å². The molecule has 1 aromatic carbocycles. The van der Waals surface area contributed by atoms with Crippen LogP contribution in [0.5, 0.6) is 5.75 Å². The molecule has 1 amide bonds. The van der Waals surface area contributed by atoms with Gasteiger partial charge in [-0.3, -0.25) is 4.79 Å². The van der Waals surface area contributed by atoms with E-state index < -0.39 is 0 Å². The van der Waals surface area contributed by atoms with Crippen molar-refractivity contribution < 1.29 is 18.7 Å². The van der Waals surface area contributed by atoms with Gasteiger partial charge in [0.2, 0.25) is 5.91 Å².